The number of hydrogen-bond donors (Lipinski definition) is 0. The number of fused-ring (bicyclic) bond motifs is 1. The maximum Gasteiger partial charge on any atom is 0.234 e. The molecule has 5 heteroatoms. The van der Waals surface area contributed by atoms with Gasteiger partial charge in [0.05, 0.1) is 0 Å². The van der Waals surface area contributed by atoms with Crippen LogP contribution in [0.5, 0.6) is 0 Å². The zero-order valence-corrected chi connectivity index (χ0v) is 11.4. The first kappa shape index (κ1) is 11.3. The van der Waals surface area contributed by atoms with Crippen LogP contribution < -0.4 is 0 Å². The predicted octanol–water partition coefficient (Wildman–Crippen LogP) is 3.28. The molecule has 2 heterocycles. The van der Waals surface area contributed by atoms with Gasteiger partial charge < -0.3 is 0 Å². The lowest BCUT2D eigenvalue weighted by molar-refractivity contribution is 0.727. The van der Waals surface area contributed by atoms with Gasteiger partial charge in [0.2, 0.25) is 4.96 Å². The minimum absolute atomic E-state index is 0.327. The van der Waals surface area contributed by atoms with Crippen LogP contribution in [0.3, 0.4) is 0 Å². The van der Waals surface area contributed by atoms with Crippen molar-refractivity contribution in [3.05, 3.63) is 35.7 Å². The zero-order valence-electron chi connectivity index (χ0n) is 10.6. The summed E-state index contributed by atoms with van der Waals surface area (Å²) < 4.78 is 1.85. The van der Waals surface area contributed by atoms with Crippen molar-refractivity contribution in [3.63, 3.8) is 0 Å². The van der Waals surface area contributed by atoms with Crippen LogP contribution in [-0.4, -0.2) is 19.8 Å². The summed E-state index contributed by atoms with van der Waals surface area (Å²) in [4.78, 5) is 0.856. The van der Waals surface area contributed by atoms with Crippen LogP contribution in [0.2, 0.25) is 0 Å². The molecule has 4 nitrogen and oxygen atoms in total. The van der Waals surface area contributed by atoms with E-state index in [1.54, 1.807) is 11.3 Å². The topological polar surface area (TPSA) is 43.1 Å². The van der Waals surface area contributed by atoms with Crippen molar-refractivity contribution >= 4 is 16.3 Å². The van der Waals surface area contributed by atoms with Gasteiger partial charge in [-0.15, -0.1) is 10.2 Å². The van der Waals surface area contributed by atoms with Gasteiger partial charge in [0.15, 0.2) is 5.82 Å². The van der Waals surface area contributed by atoms with Crippen molar-refractivity contribution < 1.29 is 0 Å². The molecule has 0 N–H and O–H groups in total. The highest BCUT2D eigenvalue weighted by Crippen LogP contribution is 2.26. The van der Waals surface area contributed by atoms with Crippen LogP contribution in [0.15, 0.2) is 24.3 Å². The van der Waals surface area contributed by atoms with Gasteiger partial charge in [0.25, 0.3) is 0 Å². The Hall–Kier alpha value is -1.75. The van der Waals surface area contributed by atoms with Crippen molar-refractivity contribution in [2.24, 2.45) is 0 Å². The quantitative estimate of drug-likeness (QED) is 0.708. The molecule has 0 amide bonds. The molecule has 0 atom stereocenters. The number of hydrogen-bond acceptors (Lipinski definition) is 4. The minimum Gasteiger partial charge on any atom is -0.187 e. The molecule has 0 saturated carbocycles. The van der Waals surface area contributed by atoms with Crippen LogP contribution in [0, 0.1) is 6.92 Å². The first-order chi connectivity index (χ1) is 8.65. The number of nitrogens with zero attached hydrogens (tertiary/aromatic N) is 4. The molecular formula is C13H14N4S. The van der Waals surface area contributed by atoms with E-state index in [4.69, 9.17) is 0 Å². The SMILES string of the molecule is Cc1ccc(-c2nn3c(C(C)C)nnc3s2)cc1. The standard InChI is InChI=1S/C13H14N4S/c1-8(2)11-14-15-13-17(11)16-12(18-13)10-6-4-9(3)5-7-10/h4-8H,1-3H3. The second-order valence-corrected chi connectivity index (χ2v) is 5.64. The Balaban J connectivity index is 2.11. The summed E-state index contributed by atoms with van der Waals surface area (Å²) in [6, 6.07) is 8.38. The summed E-state index contributed by atoms with van der Waals surface area (Å²) in [6.45, 7) is 6.28. The zero-order chi connectivity index (χ0) is 12.7. The first-order valence-electron chi connectivity index (χ1n) is 5.94. The largest absolute Gasteiger partial charge is 0.234 e. The molecule has 18 heavy (non-hydrogen) atoms. The van der Waals surface area contributed by atoms with E-state index in [1.807, 2.05) is 4.52 Å². The average Bonchev–Trinajstić information content (AvgIpc) is 2.88. The molecule has 0 spiro atoms. The molecule has 0 unspecified atom stereocenters. The van der Waals surface area contributed by atoms with Gasteiger partial charge in [-0.2, -0.15) is 9.61 Å². The second kappa shape index (κ2) is 4.17. The van der Waals surface area contributed by atoms with Gasteiger partial charge in [-0.3, -0.25) is 0 Å². The lowest BCUT2D eigenvalue weighted by Crippen LogP contribution is -1.97. The fourth-order valence-electron chi connectivity index (χ4n) is 1.80. The van der Waals surface area contributed by atoms with Crippen LogP contribution in [0.1, 0.15) is 31.2 Å². The molecule has 3 rings (SSSR count). The van der Waals surface area contributed by atoms with Crippen molar-refractivity contribution in [2.75, 3.05) is 0 Å². The molecule has 0 saturated heterocycles. The molecule has 0 aliphatic heterocycles. The third-order valence-electron chi connectivity index (χ3n) is 2.83. The molecule has 3 aromatic rings. The third kappa shape index (κ3) is 1.80. The Morgan fingerprint density at radius 2 is 1.83 bits per heavy atom. The lowest BCUT2D eigenvalue weighted by atomic mass is 10.2. The summed E-state index contributed by atoms with van der Waals surface area (Å²) in [5, 5.41) is 13.9. The molecule has 2 aromatic heterocycles. The molecule has 0 radical (unpaired) electrons. The van der Waals surface area contributed by atoms with Crippen molar-refractivity contribution in [1.29, 1.82) is 0 Å². The molecule has 0 aliphatic rings. The number of rotatable bonds is 2. The highest BCUT2D eigenvalue weighted by Gasteiger charge is 2.14. The highest BCUT2D eigenvalue weighted by atomic mass is 32.1. The summed E-state index contributed by atoms with van der Waals surface area (Å²) in [6.07, 6.45) is 0. The molecule has 1 aromatic carbocycles. The Kier molecular flexibility index (Phi) is 2.63. The summed E-state index contributed by atoms with van der Waals surface area (Å²) in [5.41, 5.74) is 2.38. The fraction of sp³-hybridized carbons (Fsp3) is 0.308. The van der Waals surface area contributed by atoms with E-state index in [0.29, 0.717) is 5.92 Å². The van der Waals surface area contributed by atoms with E-state index in [-0.39, 0.29) is 0 Å². The van der Waals surface area contributed by atoms with E-state index in [9.17, 15) is 0 Å². The Labute approximate surface area is 109 Å². The number of aromatic nitrogens is 4. The Bertz CT molecular complexity index is 679. The Morgan fingerprint density at radius 3 is 2.50 bits per heavy atom. The smallest absolute Gasteiger partial charge is 0.187 e. The van der Waals surface area contributed by atoms with Gasteiger partial charge in [-0.1, -0.05) is 55.0 Å². The molecular weight excluding hydrogens is 244 g/mol. The van der Waals surface area contributed by atoms with E-state index >= 15 is 0 Å². The minimum atomic E-state index is 0.327. The van der Waals surface area contributed by atoms with E-state index in [1.165, 1.54) is 5.56 Å². The van der Waals surface area contributed by atoms with Gasteiger partial charge in [0.1, 0.15) is 5.01 Å². The van der Waals surface area contributed by atoms with Gasteiger partial charge in [-0.05, 0) is 6.92 Å². The molecule has 92 valence electrons. The van der Waals surface area contributed by atoms with Gasteiger partial charge >= 0.3 is 0 Å². The van der Waals surface area contributed by atoms with E-state index in [2.05, 4.69) is 60.3 Å². The van der Waals surface area contributed by atoms with Crippen LogP contribution in [0.25, 0.3) is 15.5 Å². The van der Waals surface area contributed by atoms with Crippen LogP contribution >= 0.6 is 11.3 Å². The van der Waals surface area contributed by atoms with Crippen molar-refractivity contribution in [1.82, 2.24) is 19.8 Å². The summed E-state index contributed by atoms with van der Waals surface area (Å²) in [5.74, 6) is 1.24. The highest BCUT2D eigenvalue weighted by molar-refractivity contribution is 7.19. The normalized spacial score (nSPS) is 11.6. The fourth-order valence-corrected chi connectivity index (χ4v) is 2.66. The molecule has 0 aliphatic carbocycles. The van der Waals surface area contributed by atoms with Crippen LogP contribution in [0.4, 0.5) is 0 Å². The van der Waals surface area contributed by atoms with Gasteiger partial charge in [0, 0.05) is 11.5 Å². The monoisotopic (exact) mass is 258 g/mol. The number of benzene rings is 1. The molecule has 0 bridgehead atoms. The summed E-state index contributed by atoms with van der Waals surface area (Å²) >= 11 is 1.57. The summed E-state index contributed by atoms with van der Waals surface area (Å²) in [7, 11) is 0. The maximum absolute atomic E-state index is 4.60. The van der Waals surface area contributed by atoms with Crippen LogP contribution in [-0.2, 0) is 0 Å². The number of aryl methyl sites for hydroxylation is 1. The molecule has 0 fully saturated rings. The predicted molar refractivity (Wildman–Crippen MR) is 72.9 cm³/mol. The second-order valence-electron chi connectivity index (χ2n) is 4.68. The van der Waals surface area contributed by atoms with Gasteiger partial charge in [-0.25, -0.2) is 0 Å². The van der Waals surface area contributed by atoms with Crippen molar-refractivity contribution in [3.8, 4) is 10.6 Å². The Morgan fingerprint density at radius 1 is 1.11 bits per heavy atom. The van der Waals surface area contributed by atoms with E-state index in [0.717, 1.165) is 21.4 Å². The first-order valence-corrected chi connectivity index (χ1v) is 6.76. The van der Waals surface area contributed by atoms with Crippen molar-refractivity contribution in [2.45, 2.75) is 26.7 Å². The lowest BCUT2D eigenvalue weighted by Gasteiger charge is -1.98. The average molecular weight is 258 g/mol. The van der Waals surface area contributed by atoms with E-state index < -0.39 is 0 Å². The third-order valence-corrected chi connectivity index (χ3v) is 3.78. The maximum atomic E-state index is 4.60.